The minimum Gasteiger partial charge on any atom is -0.475 e. The molecule has 0 atom stereocenters. The van der Waals surface area contributed by atoms with Crippen molar-refractivity contribution in [3.05, 3.63) is 58.7 Å². The molecule has 0 heterocycles. The SMILES string of the molecule is CC1=C(/C=C/C(C)=C/C=C\C(C)=C\COC(=O)CC(=O)C(=O)O)C(C)(C)CCC1. The number of carbonyl (C=O) groups is 3. The van der Waals surface area contributed by atoms with Crippen LogP contribution in [0.3, 0.4) is 0 Å². The quantitative estimate of drug-likeness (QED) is 0.252. The van der Waals surface area contributed by atoms with Crippen molar-refractivity contribution in [1.82, 2.24) is 0 Å². The lowest BCUT2D eigenvalue weighted by Crippen LogP contribution is -2.19. The standard InChI is InChI=1S/C24H32O5/c1-17(11-12-20-19(3)10-7-14-24(20,4)5)8-6-9-18(2)13-15-29-22(26)16-21(25)23(27)28/h6,8-9,11-13H,7,10,14-16H2,1-5H3,(H,27,28)/b9-6-,12-11+,17-8+,18-13+. The maximum Gasteiger partial charge on any atom is 0.372 e. The summed E-state index contributed by atoms with van der Waals surface area (Å²) in [5.74, 6) is -3.65. The zero-order valence-electron chi connectivity index (χ0n) is 18.1. The Labute approximate surface area is 173 Å². The van der Waals surface area contributed by atoms with Gasteiger partial charge in [0.2, 0.25) is 0 Å². The predicted molar refractivity (Wildman–Crippen MR) is 114 cm³/mol. The molecule has 0 amide bonds. The fourth-order valence-electron chi connectivity index (χ4n) is 3.22. The maximum atomic E-state index is 11.3. The second-order valence-corrected chi connectivity index (χ2v) is 8.07. The molecule has 0 spiro atoms. The van der Waals surface area contributed by atoms with Gasteiger partial charge < -0.3 is 9.84 Å². The second kappa shape index (κ2) is 11.3. The van der Waals surface area contributed by atoms with Gasteiger partial charge in [0, 0.05) is 0 Å². The highest BCUT2D eigenvalue weighted by atomic mass is 16.5. The van der Waals surface area contributed by atoms with Crippen LogP contribution in [0.25, 0.3) is 0 Å². The topological polar surface area (TPSA) is 80.7 Å². The van der Waals surface area contributed by atoms with Gasteiger partial charge in [0.15, 0.2) is 0 Å². The van der Waals surface area contributed by atoms with Crippen molar-refractivity contribution in [2.75, 3.05) is 6.61 Å². The Kier molecular flexibility index (Phi) is 9.53. The van der Waals surface area contributed by atoms with E-state index in [4.69, 9.17) is 9.84 Å². The molecule has 0 aromatic carbocycles. The lowest BCUT2D eigenvalue weighted by atomic mass is 9.72. The molecule has 0 fully saturated rings. The van der Waals surface area contributed by atoms with Crippen LogP contribution >= 0.6 is 0 Å². The molecule has 29 heavy (non-hydrogen) atoms. The molecule has 0 aromatic heterocycles. The summed E-state index contributed by atoms with van der Waals surface area (Å²) in [4.78, 5) is 32.6. The zero-order chi connectivity index (χ0) is 22.0. The largest absolute Gasteiger partial charge is 0.475 e. The summed E-state index contributed by atoms with van der Waals surface area (Å²) in [5, 5.41) is 8.45. The number of esters is 1. The molecule has 0 saturated carbocycles. The Balaban J connectivity index is 2.56. The van der Waals surface area contributed by atoms with Gasteiger partial charge in [-0.05, 0) is 57.1 Å². The Morgan fingerprint density at radius 3 is 2.45 bits per heavy atom. The fraction of sp³-hybridized carbons (Fsp3) is 0.458. The van der Waals surface area contributed by atoms with Crippen LogP contribution in [0.15, 0.2) is 58.7 Å². The number of aliphatic carboxylic acids is 1. The van der Waals surface area contributed by atoms with Gasteiger partial charge in [-0.3, -0.25) is 9.59 Å². The molecule has 0 saturated heterocycles. The van der Waals surface area contributed by atoms with Gasteiger partial charge in [-0.2, -0.15) is 0 Å². The summed E-state index contributed by atoms with van der Waals surface area (Å²) in [5.41, 5.74) is 5.15. The summed E-state index contributed by atoms with van der Waals surface area (Å²) in [6.07, 6.45) is 14.8. The van der Waals surface area contributed by atoms with E-state index in [-0.39, 0.29) is 12.0 Å². The number of rotatable bonds is 9. The van der Waals surface area contributed by atoms with Crippen molar-refractivity contribution in [3.8, 4) is 0 Å². The average Bonchev–Trinajstić information content (AvgIpc) is 2.60. The summed E-state index contributed by atoms with van der Waals surface area (Å²) in [6, 6.07) is 0. The van der Waals surface area contributed by atoms with Crippen LogP contribution in [-0.4, -0.2) is 29.4 Å². The maximum absolute atomic E-state index is 11.3. The first-order chi connectivity index (χ1) is 13.5. The van der Waals surface area contributed by atoms with E-state index in [1.807, 2.05) is 32.1 Å². The molecule has 0 bridgehead atoms. The van der Waals surface area contributed by atoms with E-state index < -0.39 is 24.1 Å². The number of hydrogen-bond acceptors (Lipinski definition) is 4. The molecule has 1 N–H and O–H groups in total. The molecule has 0 aliphatic heterocycles. The minimum atomic E-state index is -1.63. The summed E-state index contributed by atoms with van der Waals surface area (Å²) in [7, 11) is 0. The number of allylic oxidation sites excluding steroid dienone is 9. The van der Waals surface area contributed by atoms with E-state index in [2.05, 4.69) is 32.9 Å². The zero-order valence-corrected chi connectivity index (χ0v) is 18.1. The smallest absolute Gasteiger partial charge is 0.372 e. The summed E-state index contributed by atoms with van der Waals surface area (Å²) < 4.78 is 4.83. The Hall–Kier alpha value is -2.69. The van der Waals surface area contributed by atoms with Crippen molar-refractivity contribution >= 4 is 17.7 Å². The van der Waals surface area contributed by atoms with Crippen molar-refractivity contribution in [2.45, 2.75) is 60.3 Å². The lowest BCUT2D eigenvalue weighted by Gasteiger charge is -2.32. The van der Waals surface area contributed by atoms with Gasteiger partial charge in [-0.25, -0.2) is 4.79 Å². The van der Waals surface area contributed by atoms with E-state index in [0.29, 0.717) is 0 Å². The number of Topliss-reactive ketones (excluding diaryl/α,β-unsaturated/α-hetero) is 1. The van der Waals surface area contributed by atoms with E-state index in [1.165, 1.54) is 30.4 Å². The van der Waals surface area contributed by atoms with E-state index in [0.717, 1.165) is 11.1 Å². The van der Waals surface area contributed by atoms with Gasteiger partial charge in [0.05, 0.1) is 0 Å². The van der Waals surface area contributed by atoms with Crippen molar-refractivity contribution in [3.63, 3.8) is 0 Å². The summed E-state index contributed by atoms with van der Waals surface area (Å²) >= 11 is 0. The van der Waals surface area contributed by atoms with Crippen LogP contribution in [0.4, 0.5) is 0 Å². The number of hydrogen-bond donors (Lipinski definition) is 1. The molecular formula is C24H32O5. The fourth-order valence-corrected chi connectivity index (χ4v) is 3.22. The van der Waals surface area contributed by atoms with Crippen LogP contribution in [0.1, 0.15) is 60.3 Å². The molecule has 5 nitrogen and oxygen atoms in total. The molecular weight excluding hydrogens is 368 g/mol. The average molecular weight is 401 g/mol. The third-order valence-electron chi connectivity index (χ3n) is 4.97. The Morgan fingerprint density at radius 2 is 1.83 bits per heavy atom. The Bertz CT molecular complexity index is 788. The summed E-state index contributed by atoms with van der Waals surface area (Å²) in [6.45, 7) is 10.7. The van der Waals surface area contributed by atoms with Gasteiger partial charge in [-0.1, -0.05) is 60.9 Å². The third-order valence-corrected chi connectivity index (χ3v) is 4.97. The first-order valence-electron chi connectivity index (χ1n) is 9.84. The Morgan fingerprint density at radius 1 is 1.14 bits per heavy atom. The monoisotopic (exact) mass is 400 g/mol. The highest BCUT2D eigenvalue weighted by Crippen LogP contribution is 2.40. The number of carbonyl (C=O) groups excluding carboxylic acids is 2. The van der Waals surface area contributed by atoms with Gasteiger partial charge >= 0.3 is 11.9 Å². The molecule has 1 aliphatic rings. The first-order valence-corrected chi connectivity index (χ1v) is 9.84. The third kappa shape index (κ3) is 8.90. The first kappa shape index (κ1) is 24.3. The number of carboxylic acids is 1. The highest BCUT2D eigenvalue weighted by Gasteiger charge is 2.26. The van der Waals surface area contributed by atoms with Crippen LogP contribution in [-0.2, 0) is 19.1 Å². The minimum absolute atomic E-state index is 0.00693. The van der Waals surface area contributed by atoms with Gasteiger partial charge in [0.25, 0.3) is 5.78 Å². The van der Waals surface area contributed by atoms with Crippen molar-refractivity contribution < 1.29 is 24.2 Å². The van der Waals surface area contributed by atoms with E-state index in [9.17, 15) is 14.4 Å². The van der Waals surface area contributed by atoms with Crippen LogP contribution in [0.5, 0.6) is 0 Å². The van der Waals surface area contributed by atoms with Crippen LogP contribution in [0.2, 0.25) is 0 Å². The number of ether oxygens (including phenoxy) is 1. The van der Waals surface area contributed by atoms with Crippen LogP contribution < -0.4 is 0 Å². The molecule has 1 rings (SSSR count). The molecule has 5 heteroatoms. The highest BCUT2D eigenvalue weighted by molar-refractivity contribution is 6.35. The normalized spacial score (nSPS) is 17.8. The molecule has 0 radical (unpaired) electrons. The molecule has 158 valence electrons. The molecule has 0 aromatic rings. The molecule has 0 unspecified atom stereocenters. The predicted octanol–water partition coefficient (Wildman–Crippen LogP) is 5.11. The van der Waals surface area contributed by atoms with Crippen molar-refractivity contribution in [1.29, 1.82) is 0 Å². The van der Waals surface area contributed by atoms with E-state index >= 15 is 0 Å². The van der Waals surface area contributed by atoms with Crippen molar-refractivity contribution in [2.24, 2.45) is 5.41 Å². The second-order valence-electron chi connectivity index (χ2n) is 8.07. The van der Waals surface area contributed by atoms with Gasteiger partial charge in [-0.15, -0.1) is 0 Å². The van der Waals surface area contributed by atoms with E-state index in [1.54, 1.807) is 6.08 Å². The number of ketones is 1. The van der Waals surface area contributed by atoms with Gasteiger partial charge in [0.1, 0.15) is 13.0 Å². The number of carboxylic acid groups (broad SMARTS) is 1. The molecule has 1 aliphatic carbocycles. The lowest BCUT2D eigenvalue weighted by molar-refractivity contribution is -0.154. The van der Waals surface area contributed by atoms with Crippen LogP contribution in [0, 0.1) is 5.41 Å².